The number of Topliss-reactive ketones (excluding diaryl/α,β-unsaturated/α-hetero) is 1. The van der Waals surface area contributed by atoms with E-state index in [2.05, 4.69) is 5.32 Å². The summed E-state index contributed by atoms with van der Waals surface area (Å²) in [5.41, 5.74) is 2.21. The lowest BCUT2D eigenvalue weighted by Crippen LogP contribution is -2.33. The van der Waals surface area contributed by atoms with Gasteiger partial charge in [0.2, 0.25) is 0 Å². The number of fused-ring (bicyclic) bond motifs is 1. The van der Waals surface area contributed by atoms with Gasteiger partial charge < -0.3 is 14.8 Å². The van der Waals surface area contributed by atoms with Crippen LogP contribution in [0.25, 0.3) is 5.57 Å². The summed E-state index contributed by atoms with van der Waals surface area (Å²) < 4.78 is 10.4. The number of hydrogen-bond acceptors (Lipinski definition) is 4. The Labute approximate surface area is 129 Å². The van der Waals surface area contributed by atoms with E-state index in [-0.39, 0.29) is 11.8 Å². The Hall–Kier alpha value is -2.75. The number of carbonyl (C=O) groups is 1. The predicted octanol–water partition coefficient (Wildman–Crippen LogP) is 2.60. The van der Waals surface area contributed by atoms with Crippen LogP contribution in [0.2, 0.25) is 0 Å². The third kappa shape index (κ3) is 2.55. The number of ether oxygens (including phenoxy) is 2. The van der Waals surface area contributed by atoms with E-state index in [1.54, 1.807) is 20.4 Å². The van der Waals surface area contributed by atoms with E-state index >= 15 is 0 Å². The van der Waals surface area contributed by atoms with E-state index in [0.29, 0.717) is 11.1 Å². The van der Waals surface area contributed by atoms with Crippen LogP contribution >= 0.6 is 0 Å². The highest BCUT2D eigenvalue weighted by atomic mass is 16.5. The molecule has 1 N–H and O–H groups in total. The first-order chi connectivity index (χ1) is 10.7. The summed E-state index contributed by atoms with van der Waals surface area (Å²) in [6, 6.07) is 7.33. The molecule has 0 spiro atoms. The molecule has 1 heterocycles. The van der Waals surface area contributed by atoms with E-state index < -0.39 is 0 Å². The van der Waals surface area contributed by atoms with Gasteiger partial charge in [0.1, 0.15) is 11.5 Å². The number of ketones is 1. The molecule has 1 aromatic carbocycles. The van der Waals surface area contributed by atoms with Crippen molar-refractivity contribution in [2.24, 2.45) is 0 Å². The van der Waals surface area contributed by atoms with Gasteiger partial charge in [-0.1, -0.05) is 18.2 Å². The minimum atomic E-state index is -0.126. The van der Waals surface area contributed by atoms with Crippen molar-refractivity contribution >= 4 is 11.4 Å². The van der Waals surface area contributed by atoms with Crippen molar-refractivity contribution in [2.75, 3.05) is 14.2 Å². The molecule has 112 valence electrons. The molecule has 0 saturated carbocycles. The topological polar surface area (TPSA) is 47.6 Å². The summed E-state index contributed by atoms with van der Waals surface area (Å²) in [7, 11) is 3.23. The third-order valence-corrected chi connectivity index (χ3v) is 3.77. The number of rotatable bonds is 3. The molecular weight excluding hydrogens is 278 g/mol. The molecule has 0 bridgehead atoms. The second kappa shape index (κ2) is 5.93. The summed E-state index contributed by atoms with van der Waals surface area (Å²) in [6.45, 7) is 0. The number of nitrogens with one attached hydrogen (secondary N) is 1. The van der Waals surface area contributed by atoms with E-state index in [1.807, 2.05) is 48.6 Å². The van der Waals surface area contributed by atoms with E-state index in [1.165, 1.54) is 0 Å². The molecule has 1 aliphatic carbocycles. The summed E-state index contributed by atoms with van der Waals surface area (Å²) >= 11 is 0. The van der Waals surface area contributed by atoms with Gasteiger partial charge in [0.25, 0.3) is 0 Å². The summed E-state index contributed by atoms with van der Waals surface area (Å²) in [5, 5.41) is 3.26. The van der Waals surface area contributed by atoms with Gasteiger partial charge in [-0.15, -0.1) is 0 Å². The molecule has 1 atom stereocenters. The van der Waals surface area contributed by atoms with Gasteiger partial charge >= 0.3 is 0 Å². The Morgan fingerprint density at radius 2 is 1.82 bits per heavy atom. The Balaban J connectivity index is 1.94. The Bertz CT molecular complexity index is 708. The van der Waals surface area contributed by atoms with Crippen LogP contribution in [-0.4, -0.2) is 26.0 Å². The molecular formula is C18H17NO3. The van der Waals surface area contributed by atoms with Crippen LogP contribution in [-0.2, 0) is 9.53 Å². The highest BCUT2D eigenvalue weighted by Crippen LogP contribution is 2.27. The first kappa shape index (κ1) is 14.2. The molecule has 1 unspecified atom stereocenters. The molecule has 0 saturated heterocycles. The van der Waals surface area contributed by atoms with Crippen molar-refractivity contribution in [3.8, 4) is 5.75 Å². The number of benzene rings is 1. The minimum absolute atomic E-state index is 0.0205. The van der Waals surface area contributed by atoms with Gasteiger partial charge in [-0.3, -0.25) is 4.79 Å². The number of carbonyl (C=O) groups excluding carboxylic acids is 1. The molecule has 1 aromatic rings. The van der Waals surface area contributed by atoms with Crippen LogP contribution in [0.1, 0.15) is 5.56 Å². The lowest BCUT2D eigenvalue weighted by Gasteiger charge is -2.23. The maximum absolute atomic E-state index is 12.8. The maximum atomic E-state index is 12.8. The molecule has 1 aliphatic heterocycles. The van der Waals surface area contributed by atoms with Crippen molar-refractivity contribution in [3.63, 3.8) is 0 Å². The lowest BCUT2D eigenvalue weighted by molar-refractivity contribution is -0.110. The number of methoxy groups -OCH3 is 2. The molecule has 0 amide bonds. The molecule has 0 fully saturated rings. The highest BCUT2D eigenvalue weighted by Gasteiger charge is 2.27. The minimum Gasteiger partial charge on any atom is -0.497 e. The SMILES string of the molecule is COC1=CC=C2C(=O)C(c3ccc(OC)cc3)=CNC2C=C1. The van der Waals surface area contributed by atoms with Gasteiger partial charge in [-0.05, 0) is 35.9 Å². The standard InChI is InChI=1S/C18H17NO3/c1-21-13-5-3-12(4-6-13)16-11-19-17-10-8-14(22-2)7-9-15(17)18(16)20/h3-11,17,19H,1-2H3. The Kier molecular flexibility index (Phi) is 3.83. The zero-order chi connectivity index (χ0) is 15.5. The number of hydrogen-bond donors (Lipinski definition) is 1. The van der Waals surface area contributed by atoms with Crippen LogP contribution in [0.15, 0.2) is 66.1 Å². The zero-order valence-corrected chi connectivity index (χ0v) is 12.5. The van der Waals surface area contributed by atoms with Crippen LogP contribution in [0, 0.1) is 0 Å². The Morgan fingerprint density at radius 1 is 1.05 bits per heavy atom. The van der Waals surface area contributed by atoms with Crippen LogP contribution in [0.4, 0.5) is 0 Å². The molecule has 4 nitrogen and oxygen atoms in total. The van der Waals surface area contributed by atoms with Gasteiger partial charge in [-0.25, -0.2) is 0 Å². The largest absolute Gasteiger partial charge is 0.497 e. The average Bonchev–Trinajstić information content (AvgIpc) is 2.78. The quantitative estimate of drug-likeness (QED) is 0.931. The second-order valence-electron chi connectivity index (χ2n) is 5.01. The van der Waals surface area contributed by atoms with Gasteiger partial charge in [0, 0.05) is 17.3 Å². The van der Waals surface area contributed by atoms with Crippen molar-refractivity contribution in [1.82, 2.24) is 5.32 Å². The van der Waals surface area contributed by atoms with Crippen LogP contribution in [0.5, 0.6) is 5.75 Å². The first-order valence-electron chi connectivity index (χ1n) is 7.02. The highest BCUT2D eigenvalue weighted by molar-refractivity contribution is 6.30. The fourth-order valence-corrected chi connectivity index (χ4v) is 2.50. The first-order valence-corrected chi connectivity index (χ1v) is 7.02. The summed E-state index contributed by atoms with van der Waals surface area (Å²) in [4.78, 5) is 12.8. The van der Waals surface area contributed by atoms with Crippen molar-refractivity contribution < 1.29 is 14.3 Å². The molecule has 0 aromatic heterocycles. The van der Waals surface area contributed by atoms with Crippen LogP contribution in [0.3, 0.4) is 0 Å². The number of allylic oxidation sites excluding steroid dienone is 4. The fraction of sp³-hybridized carbons (Fsp3) is 0.167. The molecule has 2 aliphatic rings. The second-order valence-corrected chi connectivity index (χ2v) is 5.01. The van der Waals surface area contributed by atoms with E-state index in [9.17, 15) is 4.79 Å². The van der Waals surface area contributed by atoms with Crippen LogP contribution < -0.4 is 10.1 Å². The molecule has 0 radical (unpaired) electrons. The monoisotopic (exact) mass is 295 g/mol. The maximum Gasteiger partial charge on any atom is 0.193 e. The van der Waals surface area contributed by atoms with Gasteiger partial charge in [-0.2, -0.15) is 0 Å². The van der Waals surface area contributed by atoms with E-state index in [0.717, 1.165) is 17.1 Å². The fourth-order valence-electron chi connectivity index (χ4n) is 2.50. The summed E-state index contributed by atoms with van der Waals surface area (Å²) in [6.07, 6.45) is 9.18. The van der Waals surface area contributed by atoms with Crippen molar-refractivity contribution in [3.05, 3.63) is 71.7 Å². The van der Waals surface area contributed by atoms with Gasteiger partial charge in [0.15, 0.2) is 5.78 Å². The lowest BCUT2D eigenvalue weighted by atomic mass is 9.90. The molecule has 4 heteroatoms. The van der Waals surface area contributed by atoms with Gasteiger partial charge in [0.05, 0.1) is 20.3 Å². The predicted molar refractivity (Wildman–Crippen MR) is 85.2 cm³/mol. The van der Waals surface area contributed by atoms with E-state index in [4.69, 9.17) is 9.47 Å². The third-order valence-electron chi connectivity index (χ3n) is 3.77. The molecule has 22 heavy (non-hydrogen) atoms. The smallest absolute Gasteiger partial charge is 0.193 e. The Morgan fingerprint density at radius 3 is 2.50 bits per heavy atom. The average molecular weight is 295 g/mol. The molecule has 3 rings (SSSR count). The van der Waals surface area contributed by atoms with Crippen molar-refractivity contribution in [1.29, 1.82) is 0 Å². The summed E-state index contributed by atoms with van der Waals surface area (Å²) in [5.74, 6) is 1.51. The normalized spacial score (nSPS) is 20.0. The van der Waals surface area contributed by atoms with Crippen molar-refractivity contribution in [2.45, 2.75) is 6.04 Å². The zero-order valence-electron chi connectivity index (χ0n) is 12.5.